The Labute approximate surface area is 123 Å². The average molecular weight is 292 g/mol. The van der Waals surface area contributed by atoms with Gasteiger partial charge in [-0.2, -0.15) is 0 Å². The summed E-state index contributed by atoms with van der Waals surface area (Å²) in [6.45, 7) is 7.14. The number of benzene rings is 1. The molecule has 0 amide bonds. The largest absolute Gasteiger partial charge is 0.376 e. The van der Waals surface area contributed by atoms with Crippen molar-refractivity contribution in [3.8, 4) is 0 Å². The zero-order chi connectivity index (χ0) is 14.1. The summed E-state index contributed by atoms with van der Waals surface area (Å²) in [4.78, 5) is 6.93. The van der Waals surface area contributed by atoms with Crippen LogP contribution < -0.4 is 4.90 Å². The van der Waals surface area contributed by atoms with Crippen LogP contribution in [0.4, 0.5) is 5.13 Å². The molecule has 108 valence electrons. The third-order valence-electron chi connectivity index (χ3n) is 3.51. The molecule has 0 spiro atoms. The molecule has 1 unspecified atom stereocenters. The molecule has 0 aliphatic carbocycles. The summed E-state index contributed by atoms with van der Waals surface area (Å²) in [7, 11) is 2.07. The summed E-state index contributed by atoms with van der Waals surface area (Å²) in [5.41, 5.74) is 3.65. The lowest BCUT2D eigenvalue weighted by molar-refractivity contribution is -0.0837. The van der Waals surface area contributed by atoms with Crippen molar-refractivity contribution in [2.75, 3.05) is 38.3 Å². The minimum Gasteiger partial charge on any atom is -0.376 e. The van der Waals surface area contributed by atoms with Crippen LogP contribution in [-0.2, 0) is 9.47 Å². The van der Waals surface area contributed by atoms with Crippen molar-refractivity contribution in [2.24, 2.45) is 0 Å². The fourth-order valence-corrected chi connectivity index (χ4v) is 3.66. The number of hydrogen-bond acceptors (Lipinski definition) is 5. The highest BCUT2D eigenvalue weighted by molar-refractivity contribution is 7.22. The van der Waals surface area contributed by atoms with Crippen LogP contribution in [0, 0.1) is 13.8 Å². The Bertz CT molecular complexity index is 605. The van der Waals surface area contributed by atoms with Gasteiger partial charge in [0, 0.05) is 13.6 Å². The summed E-state index contributed by atoms with van der Waals surface area (Å²) in [6.07, 6.45) is 0.142. The van der Waals surface area contributed by atoms with E-state index in [2.05, 4.69) is 37.9 Å². The van der Waals surface area contributed by atoms with Crippen LogP contribution >= 0.6 is 11.3 Å². The van der Waals surface area contributed by atoms with Crippen molar-refractivity contribution in [3.63, 3.8) is 0 Å². The van der Waals surface area contributed by atoms with Crippen molar-refractivity contribution in [1.29, 1.82) is 0 Å². The summed E-state index contributed by atoms with van der Waals surface area (Å²) in [6, 6.07) is 4.39. The first kappa shape index (κ1) is 13.8. The van der Waals surface area contributed by atoms with Gasteiger partial charge in [-0.3, -0.25) is 0 Å². The third kappa shape index (κ3) is 2.80. The van der Waals surface area contributed by atoms with Gasteiger partial charge in [-0.15, -0.1) is 0 Å². The Morgan fingerprint density at radius 2 is 2.20 bits per heavy atom. The Balaban J connectivity index is 1.80. The van der Waals surface area contributed by atoms with Gasteiger partial charge in [0.2, 0.25) is 0 Å². The molecule has 4 nitrogen and oxygen atoms in total. The molecule has 5 heteroatoms. The van der Waals surface area contributed by atoms with Crippen LogP contribution in [0.15, 0.2) is 12.1 Å². The summed E-state index contributed by atoms with van der Waals surface area (Å²) in [5.74, 6) is 0. The highest BCUT2D eigenvalue weighted by atomic mass is 32.1. The molecule has 1 aromatic heterocycles. The molecule has 2 heterocycles. The maximum atomic E-state index is 5.70. The quantitative estimate of drug-likeness (QED) is 0.871. The van der Waals surface area contributed by atoms with Crippen LogP contribution in [0.3, 0.4) is 0 Å². The van der Waals surface area contributed by atoms with Crippen LogP contribution in [0.25, 0.3) is 10.2 Å². The Hall–Kier alpha value is -1.17. The van der Waals surface area contributed by atoms with Gasteiger partial charge in [0.05, 0.1) is 36.1 Å². The molecule has 2 aromatic rings. The molecule has 1 saturated heterocycles. The summed E-state index contributed by atoms with van der Waals surface area (Å²) < 4.78 is 12.4. The monoisotopic (exact) mass is 292 g/mol. The first-order chi connectivity index (χ1) is 9.63. The van der Waals surface area contributed by atoms with E-state index in [0.29, 0.717) is 19.8 Å². The number of ether oxygens (including phenoxy) is 2. The van der Waals surface area contributed by atoms with Crippen LogP contribution in [0.2, 0.25) is 0 Å². The van der Waals surface area contributed by atoms with E-state index in [1.165, 1.54) is 15.8 Å². The van der Waals surface area contributed by atoms with Gasteiger partial charge in [0.25, 0.3) is 0 Å². The Morgan fingerprint density at radius 1 is 1.35 bits per heavy atom. The van der Waals surface area contributed by atoms with Crippen molar-refractivity contribution < 1.29 is 9.47 Å². The number of anilines is 1. The molecule has 3 rings (SSSR count). The number of thiazole rings is 1. The second-order valence-corrected chi connectivity index (χ2v) is 6.38. The number of likely N-dealkylation sites (N-methyl/N-ethyl adjacent to an activating group) is 1. The molecule has 1 aliphatic rings. The zero-order valence-electron chi connectivity index (χ0n) is 12.2. The van der Waals surface area contributed by atoms with Crippen molar-refractivity contribution >= 4 is 26.7 Å². The highest BCUT2D eigenvalue weighted by Crippen LogP contribution is 2.31. The normalized spacial score (nSPS) is 19.4. The van der Waals surface area contributed by atoms with E-state index >= 15 is 0 Å². The van der Waals surface area contributed by atoms with Crippen molar-refractivity contribution in [2.45, 2.75) is 20.0 Å². The predicted octanol–water partition coefficient (Wildman–Crippen LogP) is 2.76. The van der Waals surface area contributed by atoms with Gasteiger partial charge in [-0.1, -0.05) is 17.4 Å². The lowest BCUT2D eigenvalue weighted by Gasteiger charge is -2.27. The summed E-state index contributed by atoms with van der Waals surface area (Å²) in [5, 5.41) is 1.04. The molecule has 1 aromatic carbocycles. The van der Waals surface area contributed by atoms with Crippen LogP contribution in [0.1, 0.15) is 11.1 Å². The first-order valence-electron chi connectivity index (χ1n) is 6.92. The maximum Gasteiger partial charge on any atom is 0.186 e. The number of hydrogen-bond donors (Lipinski definition) is 0. The van der Waals surface area contributed by atoms with E-state index in [1.54, 1.807) is 11.3 Å². The number of nitrogens with zero attached hydrogens (tertiary/aromatic N) is 2. The maximum absolute atomic E-state index is 5.70. The van der Waals surface area contributed by atoms with Gasteiger partial charge in [-0.05, 0) is 31.0 Å². The minimum atomic E-state index is 0.142. The smallest absolute Gasteiger partial charge is 0.186 e. The first-order valence-corrected chi connectivity index (χ1v) is 7.73. The van der Waals surface area contributed by atoms with E-state index in [9.17, 15) is 0 Å². The topological polar surface area (TPSA) is 34.6 Å². The number of aryl methyl sites for hydroxylation is 2. The molecule has 0 radical (unpaired) electrons. The minimum absolute atomic E-state index is 0.142. The van der Waals surface area contributed by atoms with E-state index in [0.717, 1.165) is 17.2 Å². The fourth-order valence-electron chi connectivity index (χ4n) is 2.55. The summed E-state index contributed by atoms with van der Waals surface area (Å²) >= 11 is 1.74. The lowest BCUT2D eigenvalue weighted by Crippen LogP contribution is -2.38. The van der Waals surface area contributed by atoms with Gasteiger partial charge < -0.3 is 14.4 Å². The van der Waals surface area contributed by atoms with E-state index < -0.39 is 0 Å². The Kier molecular flexibility index (Phi) is 3.92. The van der Waals surface area contributed by atoms with E-state index in [1.807, 2.05) is 0 Å². The second kappa shape index (κ2) is 5.68. The van der Waals surface area contributed by atoms with Crippen LogP contribution in [0.5, 0.6) is 0 Å². The number of rotatable bonds is 3. The standard InChI is InChI=1S/C15H20N2O2S/c1-10-6-11(2)14-13(7-10)20-15(16-14)17(3)8-12-9-18-4-5-19-12/h6-7,12H,4-5,8-9H2,1-3H3. The molecular formula is C15H20N2O2S. The molecule has 0 saturated carbocycles. The zero-order valence-corrected chi connectivity index (χ0v) is 13.0. The molecular weight excluding hydrogens is 272 g/mol. The third-order valence-corrected chi connectivity index (χ3v) is 4.62. The van der Waals surface area contributed by atoms with Crippen LogP contribution in [-0.4, -0.2) is 44.5 Å². The number of fused-ring (bicyclic) bond motifs is 1. The highest BCUT2D eigenvalue weighted by Gasteiger charge is 2.18. The lowest BCUT2D eigenvalue weighted by atomic mass is 10.1. The molecule has 1 fully saturated rings. The molecule has 1 aliphatic heterocycles. The van der Waals surface area contributed by atoms with Crippen molar-refractivity contribution in [3.05, 3.63) is 23.3 Å². The Morgan fingerprint density at radius 3 is 2.95 bits per heavy atom. The van der Waals surface area contributed by atoms with Crippen molar-refractivity contribution in [1.82, 2.24) is 4.98 Å². The van der Waals surface area contributed by atoms with Gasteiger partial charge in [0.1, 0.15) is 0 Å². The molecule has 1 atom stereocenters. The SMILES string of the molecule is Cc1cc(C)c2nc(N(C)CC3COCCO3)sc2c1. The fraction of sp³-hybridized carbons (Fsp3) is 0.533. The van der Waals surface area contributed by atoms with E-state index in [4.69, 9.17) is 14.5 Å². The molecule has 20 heavy (non-hydrogen) atoms. The average Bonchev–Trinajstić information content (AvgIpc) is 2.84. The van der Waals surface area contributed by atoms with Gasteiger partial charge in [0.15, 0.2) is 5.13 Å². The number of aromatic nitrogens is 1. The van der Waals surface area contributed by atoms with E-state index in [-0.39, 0.29) is 6.10 Å². The second-order valence-electron chi connectivity index (χ2n) is 5.37. The molecule has 0 N–H and O–H groups in total. The predicted molar refractivity (Wildman–Crippen MR) is 82.9 cm³/mol. The van der Waals surface area contributed by atoms with Gasteiger partial charge in [-0.25, -0.2) is 4.98 Å². The van der Waals surface area contributed by atoms with Gasteiger partial charge >= 0.3 is 0 Å². The molecule has 0 bridgehead atoms.